The normalized spacial score (nSPS) is 31.4. The van der Waals surface area contributed by atoms with Crippen molar-refractivity contribution in [1.82, 2.24) is 14.5 Å². The van der Waals surface area contributed by atoms with Gasteiger partial charge in [-0.15, -0.1) is 0 Å². The summed E-state index contributed by atoms with van der Waals surface area (Å²) in [6.45, 7) is 12.5. The second-order valence-electron chi connectivity index (χ2n) is 9.56. The van der Waals surface area contributed by atoms with Gasteiger partial charge in [-0.05, 0) is 56.1 Å². The fourth-order valence-electron chi connectivity index (χ4n) is 5.67. The Kier molecular flexibility index (Phi) is 4.70. The van der Waals surface area contributed by atoms with Gasteiger partial charge in [0.2, 0.25) is 0 Å². The number of carbonyl (C=O) groups is 1. The van der Waals surface area contributed by atoms with Gasteiger partial charge >= 0.3 is 6.09 Å². The minimum atomic E-state index is -0.402. The molecule has 0 radical (unpaired) electrons. The van der Waals surface area contributed by atoms with Gasteiger partial charge in [-0.25, -0.2) is 14.6 Å². The Bertz CT molecular complexity index is 1010. The first-order chi connectivity index (χ1) is 14.5. The number of amides is 1. The van der Waals surface area contributed by atoms with Gasteiger partial charge in [0.25, 0.3) is 0 Å². The Morgan fingerprint density at radius 3 is 3.03 bits per heavy atom. The maximum Gasteiger partial charge on any atom is 0.410 e. The van der Waals surface area contributed by atoms with Crippen LogP contribution >= 0.6 is 0 Å². The van der Waals surface area contributed by atoms with Crippen LogP contribution in [0.15, 0.2) is 24.5 Å². The van der Waals surface area contributed by atoms with Crippen LogP contribution in [0.5, 0.6) is 0 Å². The van der Waals surface area contributed by atoms with E-state index in [-0.39, 0.29) is 17.6 Å². The number of rotatable bonds is 4. The number of nitrogens with zero attached hydrogens (tertiary/aromatic N) is 4. The highest BCUT2D eigenvalue weighted by Crippen LogP contribution is 2.47. The summed E-state index contributed by atoms with van der Waals surface area (Å²) in [7, 11) is 0. The first-order valence-electron chi connectivity index (χ1n) is 10.9. The highest BCUT2D eigenvalue weighted by atomic mass is 16.6. The maximum absolute atomic E-state index is 12.6. The van der Waals surface area contributed by atoms with Gasteiger partial charge in [0.15, 0.2) is 5.69 Å². The molecule has 3 heterocycles. The smallest absolute Gasteiger partial charge is 0.410 e. The lowest BCUT2D eigenvalue weighted by atomic mass is 9.68. The molecule has 2 aromatic rings. The molecule has 1 aliphatic carbocycles. The van der Waals surface area contributed by atoms with Crippen LogP contribution < -0.4 is 0 Å². The van der Waals surface area contributed by atoms with Gasteiger partial charge in [0, 0.05) is 13.2 Å². The zero-order chi connectivity index (χ0) is 20.8. The second kappa shape index (κ2) is 7.28. The quantitative estimate of drug-likeness (QED) is 0.697. The molecule has 5 rings (SSSR count). The van der Waals surface area contributed by atoms with Crippen LogP contribution in [-0.2, 0) is 16.0 Å². The molecule has 1 amide bonds. The van der Waals surface area contributed by atoms with Crippen molar-refractivity contribution in [3.63, 3.8) is 0 Å². The van der Waals surface area contributed by atoms with Gasteiger partial charge in [-0.2, -0.15) is 0 Å². The standard InChI is InChI=1S/C23H28N4O3/c1-22(14-27-16-25-19-7-6-17(24-2)11-20(19)27)8-4-9-23(13-22)15-26(21(28)30-23)12-18-5-3-10-29-18/h6-7,11,16,18H,3-5,8-10,12-15H2,1H3/t18-,22-,23-/m0/s1. The summed E-state index contributed by atoms with van der Waals surface area (Å²) in [5.41, 5.74) is 2.13. The zero-order valence-electron chi connectivity index (χ0n) is 17.5. The van der Waals surface area contributed by atoms with Crippen molar-refractivity contribution in [2.45, 2.75) is 63.7 Å². The van der Waals surface area contributed by atoms with Crippen LogP contribution in [-0.4, -0.2) is 51.9 Å². The van der Waals surface area contributed by atoms with E-state index >= 15 is 0 Å². The molecule has 3 atom stereocenters. The summed E-state index contributed by atoms with van der Waals surface area (Å²) < 4.78 is 13.9. The molecule has 1 aromatic heterocycles. The Hall–Kier alpha value is -2.59. The molecule has 1 saturated carbocycles. The van der Waals surface area contributed by atoms with E-state index in [0.29, 0.717) is 18.8 Å². The Balaban J connectivity index is 1.33. The van der Waals surface area contributed by atoms with Crippen LogP contribution in [0.25, 0.3) is 15.9 Å². The van der Waals surface area contributed by atoms with E-state index in [9.17, 15) is 4.79 Å². The van der Waals surface area contributed by atoms with Gasteiger partial charge in [0.05, 0.1) is 43.1 Å². The molecule has 2 saturated heterocycles. The number of hydrogen-bond donors (Lipinski definition) is 0. The Morgan fingerprint density at radius 1 is 1.33 bits per heavy atom. The fourth-order valence-corrected chi connectivity index (χ4v) is 5.67. The topological polar surface area (TPSA) is 61.0 Å². The second-order valence-corrected chi connectivity index (χ2v) is 9.56. The van der Waals surface area contributed by atoms with E-state index in [4.69, 9.17) is 16.0 Å². The molecule has 158 valence electrons. The molecule has 3 fully saturated rings. The highest BCUT2D eigenvalue weighted by molar-refractivity contribution is 5.79. The Labute approximate surface area is 176 Å². The monoisotopic (exact) mass is 408 g/mol. The molecule has 1 spiro atoms. The van der Waals surface area contributed by atoms with Crippen molar-refractivity contribution in [3.8, 4) is 0 Å². The molecule has 7 heteroatoms. The maximum atomic E-state index is 12.6. The van der Waals surface area contributed by atoms with Gasteiger partial charge in [0.1, 0.15) is 5.60 Å². The van der Waals surface area contributed by atoms with Crippen molar-refractivity contribution in [1.29, 1.82) is 0 Å². The number of ether oxygens (including phenoxy) is 2. The predicted molar refractivity (Wildman–Crippen MR) is 112 cm³/mol. The molecule has 2 aliphatic heterocycles. The number of aromatic nitrogens is 2. The molecule has 0 N–H and O–H groups in total. The molecular formula is C23H28N4O3. The van der Waals surface area contributed by atoms with Crippen molar-refractivity contribution in [3.05, 3.63) is 35.9 Å². The van der Waals surface area contributed by atoms with Crippen LogP contribution in [0.4, 0.5) is 10.5 Å². The highest BCUT2D eigenvalue weighted by Gasteiger charge is 2.51. The molecule has 0 unspecified atom stereocenters. The van der Waals surface area contributed by atoms with E-state index < -0.39 is 5.60 Å². The summed E-state index contributed by atoms with van der Waals surface area (Å²) in [4.78, 5) is 22.5. The van der Waals surface area contributed by atoms with E-state index in [1.54, 1.807) is 0 Å². The van der Waals surface area contributed by atoms with E-state index in [2.05, 4.69) is 21.3 Å². The van der Waals surface area contributed by atoms with E-state index in [1.807, 2.05) is 29.4 Å². The van der Waals surface area contributed by atoms with Crippen molar-refractivity contribution < 1.29 is 14.3 Å². The number of fused-ring (bicyclic) bond motifs is 1. The van der Waals surface area contributed by atoms with Crippen LogP contribution in [0, 0.1) is 12.0 Å². The first-order valence-corrected chi connectivity index (χ1v) is 10.9. The SMILES string of the molecule is [C-]#[N+]c1ccc2ncn(C[C@@]3(C)CCC[C@@]4(CN(C[C@@H]5CCCO5)C(=O)O4)C3)c2c1. The number of hydrogen-bond acceptors (Lipinski definition) is 4. The number of carbonyl (C=O) groups excluding carboxylic acids is 1. The van der Waals surface area contributed by atoms with Crippen LogP contribution in [0.2, 0.25) is 0 Å². The minimum absolute atomic E-state index is 0.000140. The third kappa shape index (κ3) is 3.54. The van der Waals surface area contributed by atoms with Gasteiger partial charge in [-0.3, -0.25) is 0 Å². The lowest BCUT2D eigenvalue weighted by molar-refractivity contribution is -0.0271. The largest absolute Gasteiger partial charge is 0.441 e. The predicted octanol–water partition coefficient (Wildman–Crippen LogP) is 4.54. The fraction of sp³-hybridized carbons (Fsp3) is 0.609. The Morgan fingerprint density at radius 2 is 2.23 bits per heavy atom. The first kappa shape index (κ1) is 19.4. The third-order valence-electron chi connectivity index (χ3n) is 6.94. The summed E-state index contributed by atoms with van der Waals surface area (Å²) in [6.07, 6.45) is 7.81. The van der Waals surface area contributed by atoms with E-state index in [1.165, 1.54) is 0 Å². The average Bonchev–Trinajstić information content (AvgIpc) is 3.43. The van der Waals surface area contributed by atoms with Gasteiger partial charge in [-0.1, -0.05) is 13.0 Å². The van der Waals surface area contributed by atoms with Crippen molar-refractivity contribution >= 4 is 22.8 Å². The molecule has 1 aromatic carbocycles. The molecular weight excluding hydrogens is 380 g/mol. The molecule has 30 heavy (non-hydrogen) atoms. The average molecular weight is 409 g/mol. The summed E-state index contributed by atoms with van der Waals surface area (Å²) in [5.74, 6) is 0. The lowest BCUT2D eigenvalue weighted by Gasteiger charge is -2.43. The van der Waals surface area contributed by atoms with Crippen molar-refractivity contribution in [2.24, 2.45) is 5.41 Å². The van der Waals surface area contributed by atoms with Crippen molar-refractivity contribution in [2.75, 3.05) is 19.7 Å². The zero-order valence-corrected chi connectivity index (χ0v) is 17.5. The molecule has 0 bridgehead atoms. The lowest BCUT2D eigenvalue weighted by Crippen LogP contribution is -2.45. The summed E-state index contributed by atoms with van der Waals surface area (Å²) in [5, 5.41) is 0. The number of benzene rings is 1. The van der Waals surface area contributed by atoms with E-state index in [0.717, 1.165) is 62.7 Å². The van der Waals surface area contributed by atoms with Crippen LogP contribution in [0.3, 0.4) is 0 Å². The summed E-state index contributed by atoms with van der Waals surface area (Å²) in [6, 6.07) is 5.63. The number of imidazole rings is 1. The van der Waals surface area contributed by atoms with Crippen LogP contribution in [0.1, 0.15) is 45.4 Å². The van der Waals surface area contributed by atoms with Gasteiger partial charge < -0.3 is 18.9 Å². The summed E-state index contributed by atoms with van der Waals surface area (Å²) >= 11 is 0. The molecule has 3 aliphatic rings. The third-order valence-corrected chi connectivity index (χ3v) is 6.94. The molecule has 7 nitrogen and oxygen atoms in total. The minimum Gasteiger partial charge on any atom is -0.441 e.